The van der Waals surface area contributed by atoms with Crippen LogP contribution in [0.5, 0.6) is 0 Å². The van der Waals surface area contributed by atoms with Crippen molar-refractivity contribution in [3.05, 3.63) is 24.8 Å². The number of carboxylic acids is 1. The zero-order chi connectivity index (χ0) is 11.7. The average Bonchev–Trinajstić information content (AvgIpc) is 2.21. The van der Waals surface area contributed by atoms with E-state index in [2.05, 4.69) is 6.58 Å². The minimum Gasteiger partial charge on any atom is -0.478 e. The zero-order valence-corrected chi connectivity index (χ0v) is 8.81. The van der Waals surface area contributed by atoms with Gasteiger partial charge in [0.2, 0.25) is 0 Å². The number of carbonyl (C=O) groups is 2. The lowest BCUT2D eigenvalue weighted by Gasteiger charge is -2.11. The smallest absolute Gasteiger partial charge is 0.331 e. The van der Waals surface area contributed by atoms with E-state index in [1.807, 2.05) is 6.92 Å². The van der Waals surface area contributed by atoms with Gasteiger partial charge in [-0.1, -0.05) is 26.0 Å². The van der Waals surface area contributed by atoms with Crippen molar-refractivity contribution in [1.82, 2.24) is 0 Å². The summed E-state index contributed by atoms with van der Waals surface area (Å²) >= 11 is 0. The van der Waals surface area contributed by atoms with Gasteiger partial charge in [-0.15, -0.1) is 0 Å². The first-order chi connectivity index (χ1) is 7.10. The molecule has 1 N–H and O–H groups in total. The van der Waals surface area contributed by atoms with Crippen molar-refractivity contribution in [1.29, 1.82) is 0 Å². The van der Waals surface area contributed by atoms with Crippen LogP contribution in [0, 0.1) is 0 Å². The second kappa shape index (κ2) is 7.79. The van der Waals surface area contributed by atoms with E-state index in [0.29, 0.717) is 6.42 Å². The van der Waals surface area contributed by atoms with Crippen LogP contribution < -0.4 is 0 Å². The Labute approximate surface area is 89.2 Å². The van der Waals surface area contributed by atoms with E-state index in [0.717, 1.165) is 25.0 Å². The standard InChI is InChI=1S/C11H16O4/c1-3-5-6-9(4-2)15-11(14)8-7-10(12)13/h4,7-9H,2-3,5-6H2,1H3,(H,12,13). The number of carbonyl (C=O) groups excluding carboxylic acids is 1. The summed E-state index contributed by atoms with van der Waals surface area (Å²) in [7, 11) is 0. The molecule has 0 bridgehead atoms. The largest absolute Gasteiger partial charge is 0.478 e. The summed E-state index contributed by atoms with van der Waals surface area (Å²) in [4.78, 5) is 21.2. The highest BCUT2D eigenvalue weighted by molar-refractivity contribution is 5.90. The van der Waals surface area contributed by atoms with Crippen LogP contribution in [-0.2, 0) is 14.3 Å². The Kier molecular flexibility index (Phi) is 6.97. The van der Waals surface area contributed by atoms with Gasteiger partial charge in [0.05, 0.1) is 0 Å². The molecule has 0 aliphatic rings. The van der Waals surface area contributed by atoms with Crippen LogP contribution in [0.25, 0.3) is 0 Å². The fourth-order valence-electron chi connectivity index (χ4n) is 0.958. The molecule has 0 saturated heterocycles. The quantitative estimate of drug-likeness (QED) is 0.398. The molecule has 0 aromatic heterocycles. The average molecular weight is 212 g/mol. The van der Waals surface area contributed by atoms with Crippen molar-refractivity contribution >= 4 is 11.9 Å². The second-order valence-corrected chi connectivity index (χ2v) is 3.02. The van der Waals surface area contributed by atoms with Crippen LogP contribution >= 0.6 is 0 Å². The molecule has 0 heterocycles. The van der Waals surface area contributed by atoms with Crippen LogP contribution in [0.4, 0.5) is 0 Å². The Bertz CT molecular complexity index is 255. The molecule has 4 heteroatoms. The van der Waals surface area contributed by atoms with Gasteiger partial charge in [-0.25, -0.2) is 9.59 Å². The van der Waals surface area contributed by atoms with Gasteiger partial charge in [-0.2, -0.15) is 0 Å². The maximum atomic E-state index is 11.1. The highest BCUT2D eigenvalue weighted by atomic mass is 16.5. The lowest BCUT2D eigenvalue weighted by atomic mass is 10.1. The maximum Gasteiger partial charge on any atom is 0.331 e. The Morgan fingerprint density at radius 2 is 2.13 bits per heavy atom. The predicted octanol–water partition coefficient (Wildman–Crippen LogP) is 1.92. The molecule has 0 amide bonds. The Balaban J connectivity index is 4.00. The first-order valence-electron chi connectivity index (χ1n) is 4.84. The van der Waals surface area contributed by atoms with Gasteiger partial charge >= 0.3 is 11.9 Å². The number of unbranched alkanes of at least 4 members (excludes halogenated alkanes) is 1. The van der Waals surface area contributed by atoms with E-state index in [4.69, 9.17) is 9.84 Å². The van der Waals surface area contributed by atoms with Crippen molar-refractivity contribution in [2.75, 3.05) is 0 Å². The Hall–Kier alpha value is -1.58. The summed E-state index contributed by atoms with van der Waals surface area (Å²) in [6.45, 7) is 5.58. The van der Waals surface area contributed by atoms with Gasteiger partial charge < -0.3 is 9.84 Å². The highest BCUT2D eigenvalue weighted by Gasteiger charge is 2.07. The number of hydrogen-bond donors (Lipinski definition) is 1. The predicted molar refractivity (Wildman–Crippen MR) is 56.4 cm³/mol. The summed E-state index contributed by atoms with van der Waals surface area (Å²) in [5.41, 5.74) is 0. The van der Waals surface area contributed by atoms with E-state index in [-0.39, 0.29) is 6.10 Å². The van der Waals surface area contributed by atoms with Crippen molar-refractivity contribution in [3.8, 4) is 0 Å². The van der Waals surface area contributed by atoms with Crippen molar-refractivity contribution < 1.29 is 19.4 Å². The lowest BCUT2D eigenvalue weighted by molar-refractivity contribution is -0.141. The topological polar surface area (TPSA) is 63.6 Å². The van der Waals surface area contributed by atoms with Gasteiger partial charge in [0.25, 0.3) is 0 Å². The third-order valence-corrected chi connectivity index (χ3v) is 1.73. The molecular weight excluding hydrogens is 196 g/mol. The molecule has 1 atom stereocenters. The zero-order valence-electron chi connectivity index (χ0n) is 8.81. The molecule has 0 aliphatic carbocycles. The minimum atomic E-state index is -1.17. The third kappa shape index (κ3) is 7.49. The third-order valence-electron chi connectivity index (χ3n) is 1.73. The van der Waals surface area contributed by atoms with Crippen LogP contribution in [0.1, 0.15) is 26.2 Å². The minimum absolute atomic E-state index is 0.337. The fourth-order valence-corrected chi connectivity index (χ4v) is 0.958. The molecule has 0 aromatic carbocycles. The van der Waals surface area contributed by atoms with Crippen molar-refractivity contribution in [2.45, 2.75) is 32.3 Å². The van der Waals surface area contributed by atoms with E-state index < -0.39 is 11.9 Å². The molecule has 15 heavy (non-hydrogen) atoms. The number of esters is 1. The molecule has 0 saturated carbocycles. The molecule has 4 nitrogen and oxygen atoms in total. The maximum absolute atomic E-state index is 11.1. The van der Waals surface area contributed by atoms with E-state index in [1.54, 1.807) is 6.08 Å². The van der Waals surface area contributed by atoms with E-state index in [9.17, 15) is 9.59 Å². The molecule has 0 aromatic rings. The SMILES string of the molecule is C=CC(CCCC)OC(=O)C=CC(=O)O. The molecule has 0 radical (unpaired) electrons. The molecule has 0 aliphatic heterocycles. The van der Waals surface area contributed by atoms with Crippen molar-refractivity contribution in [2.24, 2.45) is 0 Å². The summed E-state index contributed by atoms with van der Waals surface area (Å²) in [5.74, 6) is -1.82. The molecule has 0 spiro atoms. The van der Waals surface area contributed by atoms with Gasteiger partial charge in [0, 0.05) is 12.2 Å². The van der Waals surface area contributed by atoms with Gasteiger partial charge in [0.1, 0.15) is 6.10 Å². The molecular formula is C11H16O4. The number of rotatable bonds is 7. The molecule has 1 unspecified atom stereocenters. The highest BCUT2D eigenvalue weighted by Crippen LogP contribution is 2.06. The van der Waals surface area contributed by atoms with E-state index >= 15 is 0 Å². The summed E-state index contributed by atoms with van der Waals surface area (Å²) in [6, 6.07) is 0. The monoisotopic (exact) mass is 212 g/mol. The first kappa shape index (κ1) is 13.4. The van der Waals surface area contributed by atoms with Gasteiger partial charge in [-0.05, 0) is 12.8 Å². The summed E-state index contributed by atoms with van der Waals surface area (Å²) in [6.07, 6.45) is 5.51. The molecule has 0 fully saturated rings. The number of carboxylic acid groups (broad SMARTS) is 1. The Morgan fingerprint density at radius 1 is 1.47 bits per heavy atom. The lowest BCUT2D eigenvalue weighted by Crippen LogP contribution is -2.14. The van der Waals surface area contributed by atoms with Gasteiger partial charge in [-0.3, -0.25) is 0 Å². The van der Waals surface area contributed by atoms with Crippen LogP contribution in [-0.4, -0.2) is 23.1 Å². The normalized spacial score (nSPS) is 12.3. The number of hydrogen-bond acceptors (Lipinski definition) is 3. The first-order valence-corrected chi connectivity index (χ1v) is 4.84. The molecule has 84 valence electrons. The van der Waals surface area contributed by atoms with Crippen LogP contribution in [0.2, 0.25) is 0 Å². The summed E-state index contributed by atoms with van der Waals surface area (Å²) in [5, 5.41) is 8.28. The van der Waals surface area contributed by atoms with Crippen LogP contribution in [0.15, 0.2) is 24.8 Å². The van der Waals surface area contributed by atoms with E-state index in [1.165, 1.54) is 0 Å². The number of aliphatic carboxylic acids is 1. The van der Waals surface area contributed by atoms with Gasteiger partial charge in [0.15, 0.2) is 0 Å². The Morgan fingerprint density at radius 3 is 2.60 bits per heavy atom. The van der Waals surface area contributed by atoms with Crippen molar-refractivity contribution in [3.63, 3.8) is 0 Å². The fraction of sp³-hybridized carbons (Fsp3) is 0.455. The van der Waals surface area contributed by atoms with Crippen LogP contribution in [0.3, 0.4) is 0 Å². The number of ether oxygens (including phenoxy) is 1. The molecule has 0 rings (SSSR count). The second-order valence-electron chi connectivity index (χ2n) is 3.02. The summed E-state index contributed by atoms with van der Waals surface area (Å²) < 4.78 is 4.94.